The summed E-state index contributed by atoms with van der Waals surface area (Å²) in [6.07, 6.45) is 0.359. The summed E-state index contributed by atoms with van der Waals surface area (Å²) in [6, 6.07) is 9.97. The number of methoxy groups -OCH3 is 1. The first-order valence-corrected chi connectivity index (χ1v) is 6.92. The molecule has 1 aromatic carbocycles. The molecule has 0 aliphatic rings. The maximum atomic E-state index is 11.7. The van der Waals surface area contributed by atoms with Gasteiger partial charge < -0.3 is 15.2 Å². The van der Waals surface area contributed by atoms with Gasteiger partial charge in [0, 0.05) is 32.6 Å². The Morgan fingerprint density at radius 1 is 1.35 bits per heavy atom. The Hall–Kier alpha value is -1.39. The average Bonchev–Trinajstić information content (AvgIpc) is 2.46. The topological polar surface area (TPSA) is 58.6 Å². The van der Waals surface area contributed by atoms with Crippen LogP contribution in [0.15, 0.2) is 30.3 Å². The van der Waals surface area contributed by atoms with Crippen LogP contribution in [0.5, 0.6) is 0 Å². The second kappa shape index (κ2) is 8.02. The molecule has 0 saturated heterocycles. The van der Waals surface area contributed by atoms with Crippen LogP contribution in [0, 0.1) is 5.41 Å². The molecule has 0 aromatic heterocycles. The highest BCUT2D eigenvalue weighted by atomic mass is 16.5. The van der Waals surface area contributed by atoms with Gasteiger partial charge in [0.25, 0.3) is 0 Å². The van der Waals surface area contributed by atoms with Crippen LogP contribution in [0.2, 0.25) is 0 Å². The highest BCUT2D eigenvalue weighted by Crippen LogP contribution is 2.34. The number of carbonyl (C=O) groups excluding carboxylic acids is 1. The van der Waals surface area contributed by atoms with Crippen molar-refractivity contribution in [1.82, 2.24) is 5.32 Å². The minimum atomic E-state index is -0.296. The Balaban J connectivity index is 2.73. The maximum absolute atomic E-state index is 11.7. The normalized spacial score (nSPS) is 13.0. The molecule has 0 fully saturated rings. The third kappa shape index (κ3) is 4.94. The number of hydrogen-bond donors (Lipinski definition) is 2. The van der Waals surface area contributed by atoms with Crippen molar-refractivity contribution in [3.05, 3.63) is 35.9 Å². The predicted octanol–water partition coefficient (Wildman–Crippen LogP) is 1.94. The monoisotopic (exact) mass is 279 g/mol. The number of ether oxygens (including phenoxy) is 1. The van der Waals surface area contributed by atoms with Gasteiger partial charge in [0.05, 0.1) is 6.61 Å². The highest BCUT2D eigenvalue weighted by molar-refractivity contribution is 5.76. The lowest BCUT2D eigenvalue weighted by Gasteiger charge is -2.33. The first-order chi connectivity index (χ1) is 9.51. The molecule has 0 heterocycles. The number of nitrogens with one attached hydrogen (secondary N) is 1. The maximum Gasteiger partial charge on any atom is 0.222 e. The first-order valence-electron chi connectivity index (χ1n) is 6.92. The number of aliphatic hydroxyl groups excluding tert-OH is 1. The zero-order chi connectivity index (χ0) is 15.0. The second-order valence-corrected chi connectivity index (χ2v) is 5.66. The number of rotatable bonds is 8. The number of aliphatic hydroxyl groups is 1. The van der Waals surface area contributed by atoms with E-state index in [1.807, 2.05) is 44.2 Å². The Morgan fingerprint density at radius 2 is 2.00 bits per heavy atom. The fourth-order valence-corrected chi connectivity index (χ4v) is 2.14. The fraction of sp³-hybridized carbons (Fsp3) is 0.562. The zero-order valence-corrected chi connectivity index (χ0v) is 12.6. The molecule has 1 aromatic rings. The smallest absolute Gasteiger partial charge is 0.222 e. The standard InChI is InChI=1S/C16H25NO3/c1-16(2,12-18)14(13-7-5-4-6-8-13)11-17-15(19)9-10-20-3/h4-8,14,18H,9-12H2,1-3H3,(H,17,19). The van der Waals surface area contributed by atoms with Gasteiger partial charge in [0.1, 0.15) is 0 Å². The van der Waals surface area contributed by atoms with Gasteiger partial charge in [-0.25, -0.2) is 0 Å². The van der Waals surface area contributed by atoms with Gasteiger partial charge in [0.2, 0.25) is 5.91 Å². The second-order valence-electron chi connectivity index (χ2n) is 5.66. The molecule has 0 aliphatic heterocycles. The summed E-state index contributed by atoms with van der Waals surface area (Å²) < 4.78 is 4.89. The molecular formula is C16H25NO3. The number of carbonyl (C=O) groups is 1. The summed E-state index contributed by atoms with van der Waals surface area (Å²) in [6.45, 7) is 5.02. The molecule has 1 atom stereocenters. The van der Waals surface area contributed by atoms with Gasteiger partial charge in [-0.2, -0.15) is 0 Å². The number of benzene rings is 1. The van der Waals surface area contributed by atoms with Crippen molar-refractivity contribution in [3.63, 3.8) is 0 Å². The quantitative estimate of drug-likeness (QED) is 0.764. The van der Waals surface area contributed by atoms with Crippen molar-refractivity contribution in [3.8, 4) is 0 Å². The van der Waals surface area contributed by atoms with E-state index in [0.717, 1.165) is 5.56 Å². The Bertz CT molecular complexity index is 403. The SMILES string of the molecule is COCCC(=O)NCC(c1ccccc1)C(C)(C)CO. The van der Waals surface area contributed by atoms with Crippen molar-refractivity contribution < 1.29 is 14.6 Å². The van der Waals surface area contributed by atoms with Crippen molar-refractivity contribution in [2.24, 2.45) is 5.41 Å². The highest BCUT2D eigenvalue weighted by Gasteiger charge is 2.30. The van der Waals surface area contributed by atoms with E-state index in [1.165, 1.54) is 0 Å². The molecule has 4 nitrogen and oxygen atoms in total. The van der Waals surface area contributed by atoms with Crippen LogP contribution in [0.1, 0.15) is 31.7 Å². The number of amides is 1. The van der Waals surface area contributed by atoms with E-state index in [-0.39, 0.29) is 23.8 Å². The summed E-state index contributed by atoms with van der Waals surface area (Å²) >= 11 is 0. The van der Waals surface area contributed by atoms with E-state index >= 15 is 0 Å². The third-order valence-corrected chi connectivity index (χ3v) is 3.59. The molecule has 2 N–H and O–H groups in total. The lowest BCUT2D eigenvalue weighted by molar-refractivity contribution is -0.122. The largest absolute Gasteiger partial charge is 0.396 e. The first kappa shape index (κ1) is 16.7. The van der Waals surface area contributed by atoms with Crippen molar-refractivity contribution in [2.45, 2.75) is 26.2 Å². The summed E-state index contributed by atoms with van der Waals surface area (Å²) in [5, 5.41) is 12.5. The molecule has 0 aliphatic carbocycles. The Morgan fingerprint density at radius 3 is 2.55 bits per heavy atom. The van der Waals surface area contributed by atoms with Crippen LogP contribution in [-0.4, -0.2) is 37.9 Å². The van der Waals surface area contributed by atoms with Gasteiger partial charge >= 0.3 is 0 Å². The van der Waals surface area contributed by atoms with Gasteiger partial charge in [-0.05, 0) is 11.0 Å². The van der Waals surface area contributed by atoms with E-state index < -0.39 is 0 Å². The molecule has 0 radical (unpaired) electrons. The molecule has 0 bridgehead atoms. The predicted molar refractivity (Wildman–Crippen MR) is 79.6 cm³/mol. The van der Waals surface area contributed by atoms with E-state index in [1.54, 1.807) is 7.11 Å². The molecule has 20 heavy (non-hydrogen) atoms. The van der Waals surface area contributed by atoms with E-state index in [4.69, 9.17) is 4.74 Å². The molecule has 112 valence electrons. The molecule has 0 saturated carbocycles. The van der Waals surface area contributed by atoms with Crippen LogP contribution < -0.4 is 5.32 Å². The molecule has 1 rings (SSSR count). The lowest BCUT2D eigenvalue weighted by Crippen LogP contribution is -2.37. The number of hydrogen-bond acceptors (Lipinski definition) is 3. The average molecular weight is 279 g/mol. The summed E-state index contributed by atoms with van der Waals surface area (Å²) in [5.74, 6) is 0.0433. The summed E-state index contributed by atoms with van der Waals surface area (Å²) in [5.41, 5.74) is 0.828. The van der Waals surface area contributed by atoms with E-state index in [9.17, 15) is 9.90 Å². The van der Waals surface area contributed by atoms with Crippen LogP contribution in [0.4, 0.5) is 0 Å². The minimum absolute atomic E-state index is 0.0264. The van der Waals surface area contributed by atoms with Crippen LogP contribution in [-0.2, 0) is 9.53 Å². The van der Waals surface area contributed by atoms with E-state index in [0.29, 0.717) is 19.6 Å². The molecule has 1 amide bonds. The Kier molecular flexibility index (Phi) is 6.68. The molecule has 4 heteroatoms. The van der Waals surface area contributed by atoms with Crippen LogP contribution >= 0.6 is 0 Å². The lowest BCUT2D eigenvalue weighted by atomic mass is 9.75. The Labute approximate surface area is 121 Å². The molecule has 0 spiro atoms. The third-order valence-electron chi connectivity index (χ3n) is 3.59. The molecule has 1 unspecified atom stereocenters. The summed E-state index contributed by atoms with van der Waals surface area (Å²) in [7, 11) is 1.58. The van der Waals surface area contributed by atoms with E-state index in [2.05, 4.69) is 5.32 Å². The fourth-order valence-electron chi connectivity index (χ4n) is 2.14. The van der Waals surface area contributed by atoms with Gasteiger partial charge in [-0.1, -0.05) is 44.2 Å². The van der Waals surface area contributed by atoms with Gasteiger partial charge in [-0.3, -0.25) is 4.79 Å². The molecular weight excluding hydrogens is 254 g/mol. The van der Waals surface area contributed by atoms with Crippen LogP contribution in [0.25, 0.3) is 0 Å². The van der Waals surface area contributed by atoms with Gasteiger partial charge in [0.15, 0.2) is 0 Å². The summed E-state index contributed by atoms with van der Waals surface area (Å²) in [4.78, 5) is 11.7. The minimum Gasteiger partial charge on any atom is -0.396 e. The van der Waals surface area contributed by atoms with Crippen molar-refractivity contribution in [2.75, 3.05) is 26.9 Å². The van der Waals surface area contributed by atoms with Crippen molar-refractivity contribution >= 4 is 5.91 Å². The van der Waals surface area contributed by atoms with Crippen molar-refractivity contribution in [1.29, 1.82) is 0 Å². The zero-order valence-electron chi connectivity index (χ0n) is 12.6. The van der Waals surface area contributed by atoms with Crippen LogP contribution in [0.3, 0.4) is 0 Å². The van der Waals surface area contributed by atoms with Gasteiger partial charge in [-0.15, -0.1) is 0 Å².